The lowest BCUT2D eigenvalue weighted by molar-refractivity contribution is -0.887. The summed E-state index contributed by atoms with van der Waals surface area (Å²) in [6.07, 6.45) is 0.363. The Hall–Kier alpha value is -0.490. The van der Waals surface area contributed by atoms with Crippen LogP contribution in [-0.2, 0) is 4.79 Å². The molecule has 1 atom stereocenters. The SMILES string of the molecule is C[N+](C)(C)[C@H](CCOc1c(Cl)cc(Br)cc1Cl)C(=O)O. The third-order valence-electron chi connectivity index (χ3n) is 2.82. The van der Waals surface area contributed by atoms with E-state index in [1.54, 1.807) is 12.1 Å². The van der Waals surface area contributed by atoms with Gasteiger partial charge < -0.3 is 14.3 Å². The molecule has 0 spiro atoms. The number of likely N-dealkylation sites (N-methyl/N-ethyl adjacent to an activating group) is 1. The minimum absolute atomic E-state index is 0.230. The number of nitrogens with zero attached hydrogens (tertiary/aromatic N) is 1. The Kier molecular flexibility index (Phi) is 6.13. The number of aliphatic carboxylic acids is 1. The molecule has 0 aliphatic heterocycles. The van der Waals surface area contributed by atoms with E-state index in [9.17, 15) is 9.90 Å². The molecule has 4 nitrogen and oxygen atoms in total. The number of benzene rings is 1. The van der Waals surface area contributed by atoms with Crippen molar-refractivity contribution in [2.45, 2.75) is 12.5 Å². The Morgan fingerprint density at radius 2 is 1.85 bits per heavy atom. The van der Waals surface area contributed by atoms with Gasteiger partial charge >= 0.3 is 5.97 Å². The Bertz CT molecular complexity index is 480. The largest absolute Gasteiger partial charge is 0.490 e. The summed E-state index contributed by atoms with van der Waals surface area (Å²) in [5.74, 6) is -0.476. The fourth-order valence-corrected chi connectivity index (χ4v) is 3.10. The number of quaternary nitrogens is 1. The molecule has 20 heavy (non-hydrogen) atoms. The zero-order valence-corrected chi connectivity index (χ0v) is 14.6. The monoisotopic (exact) mass is 384 g/mol. The normalized spacial score (nSPS) is 13.1. The lowest BCUT2D eigenvalue weighted by atomic mass is 10.1. The predicted octanol–water partition coefficient (Wildman–Crippen LogP) is 3.68. The van der Waals surface area contributed by atoms with Gasteiger partial charge in [-0.05, 0) is 12.1 Å². The molecule has 0 amide bonds. The van der Waals surface area contributed by atoms with Crippen LogP contribution in [0.2, 0.25) is 10.0 Å². The Labute approximate surface area is 136 Å². The van der Waals surface area contributed by atoms with Crippen LogP contribution in [0.1, 0.15) is 6.42 Å². The maximum absolute atomic E-state index is 11.2. The molecule has 1 rings (SSSR count). The zero-order chi connectivity index (χ0) is 15.5. The van der Waals surface area contributed by atoms with Crippen molar-refractivity contribution in [3.05, 3.63) is 26.7 Å². The summed E-state index contributed by atoms with van der Waals surface area (Å²) in [6.45, 7) is 0.230. The van der Waals surface area contributed by atoms with Crippen LogP contribution in [0.5, 0.6) is 5.75 Å². The third-order valence-corrected chi connectivity index (χ3v) is 3.84. The van der Waals surface area contributed by atoms with E-state index in [0.29, 0.717) is 26.7 Å². The maximum Gasteiger partial charge on any atom is 0.362 e. The second-order valence-electron chi connectivity index (χ2n) is 5.31. The van der Waals surface area contributed by atoms with E-state index in [4.69, 9.17) is 27.9 Å². The molecule has 0 aromatic heterocycles. The van der Waals surface area contributed by atoms with Gasteiger partial charge in [-0.15, -0.1) is 0 Å². The van der Waals surface area contributed by atoms with Crippen LogP contribution in [0.15, 0.2) is 16.6 Å². The van der Waals surface area contributed by atoms with Crippen LogP contribution in [-0.4, -0.2) is 49.4 Å². The molecule has 7 heteroatoms. The molecule has 1 N–H and O–H groups in total. The topological polar surface area (TPSA) is 46.5 Å². The molecule has 0 fully saturated rings. The number of rotatable bonds is 6. The van der Waals surface area contributed by atoms with E-state index in [1.807, 2.05) is 21.1 Å². The predicted molar refractivity (Wildman–Crippen MR) is 83.7 cm³/mol. The highest BCUT2D eigenvalue weighted by atomic mass is 79.9. The number of hydrogen-bond acceptors (Lipinski definition) is 2. The van der Waals surface area contributed by atoms with E-state index >= 15 is 0 Å². The molecule has 1 aromatic rings. The van der Waals surface area contributed by atoms with Gasteiger partial charge in [0.25, 0.3) is 0 Å². The van der Waals surface area contributed by atoms with Gasteiger partial charge in [0.2, 0.25) is 0 Å². The molecule has 0 aliphatic carbocycles. The van der Waals surface area contributed by atoms with E-state index in [2.05, 4.69) is 15.9 Å². The fraction of sp³-hybridized carbons (Fsp3) is 0.462. The number of ether oxygens (including phenoxy) is 1. The molecule has 1 aromatic carbocycles. The summed E-state index contributed by atoms with van der Waals surface area (Å²) in [5.41, 5.74) is 0. The van der Waals surface area contributed by atoms with Gasteiger partial charge in [0.1, 0.15) is 0 Å². The summed E-state index contributed by atoms with van der Waals surface area (Å²) in [6, 6.07) is 2.80. The first-order valence-electron chi connectivity index (χ1n) is 5.94. The molecule has 0 aliphatic rings. The van der Waals surface area contributed by atoms with Gasteiger partial charge in [-0.25, -0.2) is 4.79 Å². The minimum Gasteiger partial charge on any atom is -0.490 e. The Morgan fingerprint density at radius 3 is 2.25 bits per heavy atom. The van der Waals surface area contributed by atoms with Crippen molar-refractivity contribution >= 4 is 45.1 Å². The summed E-state index contributed by atoms with van der Waals surface area (Å²) in [7, 11) is 5.50. The van der Waals surface area contributed by atoms with Crippen molar-refractivity contribution < 1.29 is 19.1 Å². The maximum atomic E-state index is 11.2. The van der Waals surface area contributed by atoms with Crippen molar-refractivity contribution in [2.24, 2.45) is 0 Å². The molecular formula is C13H17BrCl2NO3+. The second-order valence-corrected chi connectivity index (χ2v) is 7.04. The van der Waals surface area contributed by atoms with E-state index in [1.165, 1.54) is 0 Å². The van der Waals surface area contributed by atoms with Crippen molar-refractivity contribution in [3.8, 4) is 5.75 Å². The molecule has 0 heterocycles. The van der Waals surface area contributed by atoms with Gasteiger partial charge in [0, 0.05) is 10.9 Å². The number of carbonyl (C=O) groups is 1. The Morgan fingerprint density at radius 1 is 1.35 bits per heavy atom. The standard InChI is InChI=1S/C13H16BrCl2NO3/c1-17(2,3)11(13(18)19)4-5-20-12-9(15)6-8(14)7-10(12)16/h6-7,11H,4-5H2,1-3H3/p+1/t11-/m1/s1. The van der Waals surface area contributed by atoms with Crippen LogP contribution in [0.3, 0.4) is 0 Å². The van der Waals surface area contributed by atoms with Gasteiger partial charge in [0.05, 0.1) is 37.8 Å². The van der Waals surface area contributed by atoms with E-state index in [-0.39, 0.29) is 6.61 Å². The van der Waals surface area contributed by atoms with Crippen molar-refractivity contribution in [1.82, 2.24) is 0 Å². The van der Waals surface area contributed by atoms with Gasteiger partial charge in [-0.1, -0.05) is 39.1 Å². The smallest absolute Gasteiger partial charge is 0.362 e. The number of carboxylic acids is 1. The van der Waals surface area contributed by atoms with Crippen molar-refractivity contribution in [2.75, 3.05) is 27.7 Å². The average Bonchev–Trinajstić information content (AvgIpc) is 2.24. The lowest BCUT2D eigenvalue weighted by Gasteiger charge is -2.31. The van der Waals surface area contributed by atoms with E-state index < -0.39 is 12.0 Å². The molecule has 0 bridgehead atoms. The van der Waals surface area contributed by atoms with Gasteiger partial charge in [-0.3, -0.25) is 0 Å². The van der Waals surface area contributed by atoms with Crippen LogP contribution in [0.4, 0.5) is 0 Å². The van der Waals surface area contributed by atoms with E-state index in [0.717, 1.165) is 4.47 Å². The van der Waals surface area contributed by atoms with Crippen molar-refractivity contribution in [1.29, 1.82) is 0 Å². The molecule has 0 saturated carbocycles. The summed E-state index contributed by atoms with van der Waals surface area (Å²) >= 11 is 15.4. The summed E-state index contributed by atoms with van der Waals surface area (Å²) < 4.78 is 6.62. The average molecular weight is 386 g/mol. The zero-order valence-electron chi connectivity index (χ0n) is 11.5. The molecule has 0 unspecified atom stereocenters. The molecular weight excluding hydrogens is 369 g/mol. The number of hydrogen-bond donors (Lipinski definition) is 1. The van der Waals surface area contributed by atoms with Gasteiger partial charge in [0.15, 0.2) is 11.8 Å². The first kappa shape index (κ1) is 17.6. The highest BCUT2D eigenvalue weighted by molar-refractivity contribution is 9.10. The highest BCUT2D eigenvalue weighted by Gasteiger charge is 2.31. The summed E-state index contributed by atoms with van der Waals surface area (Å²) in [5, 5.41) is 10.0. The van der Waals surface area contributed by atoms with Crippen LogP contribution < -0.4 is 4.74 Å². The number of halogens is 3. The van der Waals surface area contributed by atoms with Crippen LogP contribution in [0, 0.1) is 0 Å². The van der Waals surface area contributed by atoms with Crippen LogP contribution in [0.25, 0.3) is 0 Å². The van der Waals surface area contributed by atoms with Gasteiger partial charge in [-0.2, -0.15) is 0 Å². The first-order chi connectivity index (χ1) is 9.12. The quantitative estimate of drug-likeness (QED) is 0.759. The molecule has 0 saturated heterocycles. The third kappa shape index (κ3) is 4.81. The molecule has 0 radical (unpaired) electrons. The molecule has 112 valence electrons. The second kappa shape index (κ2) is 6.98. The lowest BCUT2D eigenvalue weighted by Crippen LogP contribution is -2.50. The summed E-state index contributed by atoms with van der Waals surface area (Å²) in [4.78, 5) is 11.2. The fourth-order valence-electron chi connectivity index (χ4n) is 1.78. The Balaban J connectivity index is 2.71. The first-order valence-corrected chi connectivity index (χ1v) is 7.49. The highest BCUT2D eigenvalue weighted by Crippen LogP contribution is 2.36. The van der Waals surface area contributed by atoms with Crippen molar-refractivity contribution in [3.63, 3.8) is 0 Å². The van der Waals surface area contributed by atoms with Crippen LogP contribution >= 0.6 is 39.1 Å². The minimum atomic E-state index is -0.853. The number of carboxylic acid groups (broad SMARTS) is 1.